The maximum Gasteiger partial charge on any atom is 0.257 e. The van der Waals surface area contributed by atoms with E-state index in [4.69, 9.17) is 0 Å². The minimum absolute atomic E-state index is 0.0333. The largest absolute Gasteiger partial charge is 0.349 e. The minimum atomic E-state index is -0.819. The number of amides is 2. The van der Waals surface area contributed by atoms with Gasteiger partial charge < -0.3 is 15.2 Å². The summed E-state index contributed by atoms with van der Waals surface area (Å²) in [5.74, 6) is -2.97. The van der Waals surface area contributed by atoms with Crippen LogP contribution in [-0.2, 0) is 13.1 Å². The van der Waals surface area contributed by atoms with E-state index in [0.717, 1.165) is 30.5 Å². The maximum atomic E-state index is 13.9. The normalized spacial score (nSPS) is 12.9. The van der Waals surface area contributed by atoms with Crippen molar-refractivity contribution >= 4 is 11.8 Å². The SMILES string of the molecule is O=C(NCc1c(F)cccc1F)c1cn(Cc2ccccc2)cc(C(=O)NC2CC2)c1=O. The van der Waals surface area contributed by atoms with E-state index in [-0.39, 0.29) is 22.7 Å². The Labute approximate surface area is 182 Å². The molecule has 0 bridgehead atoms. The van der Waals surface area contributed by atoms with Crippen LogP contribution in [0.4, 0.5) is 8.78 Å². The zero-order valence-electron chi connectivity index (χ0n) is 17.1. The Morgan fingerprint density at radius 3 is 2.16 bits per heavy atom. The van der Waals surface area contributed by atoms with E-state index < -0.39 is 35.4 Å². The molecule has 2 N–H and O–H groups in total. The molecule has 2 aromatic carbocycles. The van der Waals surface area contributed by atoms with E-state index in [2.05, 4.69) is 10.6 Å². The van der Waals surface area contributed by atoms with Crippen molar-refractivity contribution in [3.63, 3.8) is 0 Å². The van der Waals surface area contributed by atoms with Crippen LogP contribution in [0.1, 0.15) is 44.7 Å². The van der Waals surface area contributed by atoms with Crippen LogP contribution < -0.4 is 16.1 Å². The molecule has 0 saturated heterocycles. The molecule has 1 fully saturated rings. The first-order chi connectivity index (χ1) is 15.4. The van der Waals surface area contributed by atoms with Crippen LogP contribution in [0.5, 0.6) is 0 Å². The lowest BCUT2D eigenvalue weighted by atomic mass is 10.1. The van der Waals surface area contributed by atoms with Gasteiger partial charge in [0.2, 0.25) is 5.43 Å². The number of benzene rings is 2. The number of nitrogens with one attached hydrogen (secondary N) is 2. The van der Waals surface area contributed by atoms with Crippen LogP contribution >= 0.6 is 0 Å². The lowest BCUT2D eigenvalue weighted by Crippen LogP contribution is -2.36. The molecule has 32 heavy (non-hydrogen) atoms. The van der Waals surface area contributed by atoms with Gasteiger partial charge in [-0.15, -0.1) is 0 Å². The summed E-state index contributed by atoms with van der Waals surface area (Å²) in [6.45, 7) is -0.110. The van der Waals surface area contributed by atoms with Gasteiger partial charge in [0.05, 0.1) is 0 Å². The van der Waals surface area contributed by atoms with Crippen molar-refractivity contribution < 1.29 is 18.4 Å². The Hall–Kier alpha value is -3.81. The molecule has 8 heteroatoms. The smallest absolute Gasteiger partial charge is 0.257 e. The molecule has 1 aliphatic rings. The summed E-state index contributed by atoms with van der Waals surface area (Å²) in [6.07, 6.45) is 4.45. The van der Waals surface area contributed by atoms with Gasteiger partial charge in [-0.3, -0.25) is 14.4 Å². The van der Waals surface area contributed by atoms with Crippen molar-refractivity contribution in [3.8, 4) is 0 Å². The third-order valence-corrected chi connectivity index (χ3v) is 5.18. The van der Waals surface area contributed by atoms with Crippen molar-refractivity contribution in [1.29, 1.82) is 0 Å². The fourth-order valence-corrected chi connectivity index (χ4v) is 3.30. The van der Waals surface area contributed by atoms with E-state index >= 15 is 0 Å². The van der Waals surface area contributed by atoms with Crippen LogP contribution in [0.25, 0.3) is 0 Å². The molecule has 1 aliphatic carbocycles. The quantitative estimate of drug-likeness (QED) is 0.596. The highest BCUT2D eigenvalue weighted by Gasteiger charge is 2.26. The lowest BCUT2D eigenvalue weighted by molar-refractivity contribution is 0.0947. The predicted octanol–water partition coefficient (Wildman–Crippen LogP) is 3.00. The molecule has 164 valence electrons. The van der Waals surface area contributed by atoms with Crippen molar-refractivity contribution in [2.45, 2.75) is 32.0 Å². The van der Waals surface area contributed by atoms with E-state index in [0.29, 0.717) is 6.54 Å². The van der Waals surface area contributed by atoms with Crippen LogP contribution in [0.2, 0.25) is 0 Å². The van der Waals surface area contributed by atoms with Gasteiger partial charge in [0.25, 0.3) is 11.8 Å². The van der Waals surface area contributed by atoms with Gasteiger partial charge in [-0.25, -0.2) is 8.78 Å². The second-order valence-corrected chi connectivity index (χ2v) is 7.70. The number of aromatic nitrogens is 1. The average Bonchev–Trinajstić information content (AvgIpc) is 3.59. The van der Waals surface area contributed by atoms with Crippen LogP contribution in [0.15, 0.2) is 65.7 Å². The van der Waals surface area contributed by atoms with Gasteiger partial charge in [-0.1, -0.05) is 36.4 Å². The Morgan fingerprint density at radius 1 is 0.906 bits per heavy atom. The van der Waals surface area contributed by atoms with Gasteiger partial charge in [-0.05, 0) is 30.5 Å². The Morgan fingerprint density at radius 2 is 1.53 bits per heavy atom. The fraction of sp³-hybridized carbons (Fsp3) is 0.208. The minimum Gasteiger partial charge on any atom is -0.349 e. The zero-order valence-corrected chi connectivity index (χ0v) is 17.1. The molecule has 2 amide bonds. The topological polar surface area (TPSA) is 80.2 Å². The average molecular weight is 437 g/mol. The lowest BCUT2D eigenvalue weighted by Gasteiger charge is -2.13. The number of pyridine rings is 1. The number of carbonyl (C=O) groups is 2. The van der Waals surface area contributed by atoms with Crippen LogP contribution in [-0.4, -0.2) is 22.4 Å². The molecule has 0 spiro atoms. The van der Waals surface area contributed by atoms with Crippen LogP contribution in [0, 0.1) is 11.6 Å². The highest BCUT2D eigenvalue weighted by molar-refractivity contribution is 5.99. The predicted molar refractivity (Wildman–Crippen MR) is 114 cm³/mol. The summed E-state index contributed by atoms with van der Waals surface area (Å²) in [5.41, 5.74) is -0.574. The Kier molecular flexibility index (Phi) is 6.11. The molecule has 0 atom stereocenters. The number of halogens is 2. The second kappa shape index (κ2) is 9.13. The molecule has 4 rings (SSSR count). The highest BCUT2D eigenvalue weighted by atomic mass is 19.1. The standard InChI is InChI=1S/C24H21F2N3O3/c25-20-7-4-8-21(26)17(20)11-27-23(31)18-13-29(12-15-5-2-1-3-6-15)14-19(22(18)30)24(32)28-16-9-10-16/h1-8,13-14,16H,9-12H2,(H,27,31)(H,28,32). The van der Waals surface area contributed by atoms with Crippen molar-refractivity contribution in [2.24, 2.45) is 0 Å². The van der Waals surface area contributed by atoms with E-state index in [9.17, 15) is 23.2 Å². The number of hydrogen-bond acceptors (Lipinski definition) is 3. The van der Waals surface area contributed by atoms with Gasteiger partial charge in [0.15, 0.2) is 0 Å². The molecule has 1 heterocycles. The van der Waals surface area contributed by atoms with E-state index in [1.54, 1.807) is 4.57 Å². The summed E-state index contributed by atoms with van der Waals surface area (Å²) >= 11 is 0. The third-order valence-electron chi connectivity index (χ3n) is 5.18. The zero-order chi connectivity index (χ0) is 22.7. The Balaban J connectivity index is 1.64. The molecular weight excluding hydrogens is 416 g/mol. The first kappa shape index (κ1) is 21.4. The van der Waals surface area contributed by atoms with Crippen LogP contribution in [0.3, 0.4) is 0 Å². The first-order valence-electron chi connectivity index (χ1n) is 10.2. The molecular formula is C24H21F2N3O3. The van der Waals surface area contributed by atoms with E-state index in [1.807, 2.05) is 30.3 Å². The van der Waals surface area contributed by atoms with Gasteiger partial charge in [0, 0.05) is 37.1 Å². The second-order valence-electron chi connectivity index (χ2n) is 7.70. The molecule has 3 aromatic rings. The van der Waals surface area contributed by atoms with Gasteiger partial charge in [0.1, 0.15) is 22.8 Å². The summed E-state index contributed by atoms with van der Waals surface area (Å²) in [6, 6.07) is 12.8. The number of rotatable bonds is 7. The van der Waals surface area contributed by atoms with Gasteiger partial charge >= 0.3 is 0 Å². The molecule has 0 radical (unpaired) electrons. The van der Waals surface area contributed by atoms with Crippen molar-refractivity contribution in [3.05, 3.63) is 105 Å². The summed E-state index contributed by atoms with van der Waals surface area (Å²) in [5, 5.41) is 5.14. The molecule has 1 aromatic heterocycles. The highest BCUT2D eigenvalue weighted by Crippen LogP contribution is 2.19. The maximum absolute atomic E-state index is 13.9. The van der Waals surface area contributed by atoms with E-state index in [1.165, 1.54) is 18.5 Å². The third kappa shape index (κ3) is 4.91. The molecule has 0 aliphatic heterocycles. The summed E-state index contributed by atoms with van der Waals surface area (Å²) < 4.78 is 29.3. The van der Waals surface area contributed by atoms with Crippen molar-refractivity contribution in [1.82, 2.24) is 15.2 Å². The van der Waals surface area contributed by atoms with Crippen molar-refractivity contribution in [2.75, 3.05) is 0 Å². The molecule has 0 unspecified atom stereocenters. The summed E-state index contributed by atoms with van der Waals surface area (Å²) in [4.78, 5) is 38.3. The molecule has 6 nitrogen and oxygen atoms in total. The summed E-state index contributed by atoms with van der Waals surface area (Å²) in [7, 11) is 0. The monoisotopic (exact) mass is 437 g/mol. The fourth-order valence-electron chi connectivity index (χ4n) is 3.30. The number of nitrogens with zero attached hydrogens (tertiary/aromatic N) is 1. The first-order valence-corrected chi connectivity index (χ1v) is 10.2. The number of hydrogen-bond donors (Lipinski definition) is 2. The number of carbonyl (C=O) groups excluding carboxylic acids is 2. The van der Waals surface area contributed by atoms with Gasteiger partial charge in [-0.2, -0.15) is 0 Å². The Bertz CT molecular complexity index is 1200. The molecule has 1 saturated carbocycles.